The second-order valence-corrected chi connectivity index (χ2v) is 4.31. The largest absolute Gasteiger partial charge is 0.316 e. The molecule has 13 heavy (non-hydrogen) atoms. The first-order valence-electron chi connectivity index (χ1n) is 4.88. The van der Waals surface area contributed by atoms with E-state index in [2.05, 4.69) is 17.4 Å². The summed E-state index contributed by atoms with van der Waals surface area (Å²) in [5, 5.41) is 3.44. The van der Waals surface area contributed by atoms with Crippen molar-refractivity contribution in [3.63, 3.8) is 0 Å². The molecule has 3 rings (SSSR count). The Morgan fingerprint density at radius 3 is 2.62 bits per heavy atom. The lowest BCUT2D eigenvalue weighted by molar-refractivity contribution is 0.676. The average molecular weight is 169 g/mol. The lowest BCUT2D eigenvalue weighted by atomic mass is 9.89. The Kier molecular flexibility index (Phi) is 1.40. The maximum absolute atomic E-state index is 5.67. The van der Waals surface area contributed by atoms with Crippen LogP contribution >= 0.6 is 0 Å². The lowest BCUT2D eigenvalue weighted by Crippen LogP contribution is -2.19. The van der Waals surface area contributed by atoms with E-state index in [1.165, 1.54) is 18.5 Å². The van der Waals surface area contributed by atoms with E-state index in [1.807, 2.05) is 12.1 Å². The van der Waals surface area contributed by atoms with Crippen molar-refractivity contribution in [2.75, 3.05) is 13.1 Å². The van der Waals surface area contributed by atoms with Gasteiger partial charge in [0.1, 0.15) is 7.85 Å². The second-order valence-electron chi connectivity index (χ2n) is 4.31. The van der Waals surface area contributed by atoms with Crippen LogP contribution in [0.4, 0.5) is 0 Å². The highest BCUT2D eigenvalue weighted by Crippen LogP contribution is 2.56. The molecule has 64 valence electrons. The van der Waals surface area contributed by atoms with Crippen LogP contribution in [-0.2, 0) is 5.41 Å². The fourth-order valence-electron chi connectivity index (χ4n) is 2.60. The minimum atomic E-state index is 0.480. The van der Waals surface area contributed by atoms with Gasteiger partial charge in [0.2, 0.25) is 0 Å². The molecule has 1 aromatic rings. The molecule has 0 aromatic heterocycles. The Hall–Kier alpha value is -0.755. The van der Waals surface area contributed by atoms with E-state index < -0.39 is 0 Å². The molecule has 1 N–H and O–H groups in total. The third-order valence-corrected chi connectivity index (χ3v) is 3.55. The summed E-state index contributed by atoms with van der Waals surface area (Å²) in [7, 11) is 5.67. The zero-order valence-corrected chi connectivity index (χ0v) is 7.59. The van der Waals surface area contributed by atoms with Gasteiger partial charge in [-0.05, 0) is 24.4 Å². The summed E-state index contributed by atoms with van der Waals surface area (Å²) >= 11 is 0. The highest BCUT2D eigenvalue weighted by molar-refractivity contribution is 6.32. The molecule has 2 unspecified atom stereocenters. The molecule has 1 nitrogen and oxygen atoms in total. The summed E-state index contributed by atoms with van der Waals surface area (Å²) in [5.74, 6) is 0.885. The Bertz CT molecular complexity index is 332. The summed E-state index contributed by atoms with van der Waals surface area (Å²) in [4.78, 5) is 0. The van der Waals surface area contributed by atoms with Crippen LogP contribution in [0.1, 0.15) is 12.0 Å². The maximum Gasteiger partial charge on any atom is 0.113 e. The van der Waals surface area contributed by atoms with Gasteiger partial charge in [-0.25, -0.2) is 0 Å². The van der Waals surface area contributed by atoms with Crippen molar-refractivity contribution >= 4 is 13.3 Å². The van der Waals surface area contributed by atoms with Crippen molar-refractivity contribution in [2.45, 2.75) is 11.8 Å². The Balaban J connectivity index is 1.97. The average Bonchev–Trinajstić information content (AvgIpc) is 2.71. The van der Waals surface area contributed by atoms with Gasteiger partial charge in [-0.1, -0.05) is 29.7 Å². The number of hydrogen-bond acceptors (Lipinski definition) is 1. The van der Waals surface area contributed by atoms with E-state index in [0.717, 1.165) is 17.9 Å². The molecule has 0 amide bonds. The molecule has 0 bridgehead atoms. The molecule has 2 atom stereocenters. The number of fused-ring (bicyclic) bond motifs is 1. The Morgan fingerprint density at radius 1 is 1.31 bits per heavy atom. The van der Waals surface area contributed by atoms with E-state index in [1.54, 1.807) is 0 Å². The molecular formula is C11H12BN. The first-order chi connectivity index (χ1) is 6.31. The van der Waals surface area contributed by atoms with E-state index >= 15 is 0 Å². The molecule has 1 heterocycles. The van der Waals surface area contributed by atoms with Crippen LogP contribution in [-0.4, -0.2) is 20.9 Å². The fraction of sp³-hybridized carbons (Fsp3) is 0.455. The summed E-state index contributed by atoms with van der Waals surface area (Å²) in [6.45, 7) is 2.35. The molecule has 2 aliphatic rings. The van der Waals surface area contributed by atoms with Crippen LogP contribution in [0.25, 0.3) is 0 Å². The van der Waals surface area contributed by atoms with Crippen molar-refractivity contribution in [1.82, 2.24) is 5.32 Å². The molecule has 2 heteroatoms. The second kappa shape index (κ2) is 2.39. The molecule has 2 radical (unpaired) electrons. The maximum atomic E-state index is 5.67. The van der Waals surface area contributed by atoms with Crippen molar-refractivity contribution < 1.29 is 0 Å². The predicted octanol–water partition coefficient (Wildman–Crippen LogP) is 0.341. The number of piperidine rings is 1. The third kappa shape index (κ3) is 0.984. The summed E-state index contributed by atoms with van der Waals surface area (Å²) in [5.41, 5.74) is 2.81. The van der Waals surface area contributed by atoms with Gasteiger partial charge in [0.15, 0.2) is 0 Å². The standard InChI is InChI=1S/C11H12BN/c12-10-3-1-8(2-4-10)11-5-9(11)6-13-7-11/h1-4,9,13H,5-7H2. The van der Waals surface area contributed by atoms with Crippen LogP contribution in [0, 0.1) is 5.92 Å². The Labute approximate surface area is 79.9 Å². The molecular weight excluding hydrogens is 157 g/mol. The van der Waals surface area contributed by atoms with Gasteiger partial charge in [0.25, 0.3) is 0 Å². The quantitative estimate of drug-likeness (QED) is 0.598. The smallest absolute Gasteiger partial charge is 0.113 e. The zero-order valence-electron chi connectivity index (χ0n) is 7.59. The first kappa shape index (κ1) is 7.63. The topological polar surface area (TPSA) is 12.0 Å². The molecule has 1 aliphatic heterocycles. The summed E-state index contributed by atoms with van der Waals surface area (Å²) in [6.07, 6.45) is 1.36. The normalized spacial score (nSPS) is 35.8. The van der Waals surface area contributed by atoms with Crippen LogP contribution < -0.4 is 10.8 Å². The Morgan fingerprint density at radius 2 is 2.08 bits per heavy atom. The van der Waals surface area contributed by atoms with Crippen molar-refractivity contribution in [3.05, 3.63) is 29.8 Å². The van der Waals surface area contributed by atoms with Gasteiger partial charge in [-0.3, -0.25) is 0 Å². The molecule has 0 spiro atoms. The van der Waals surface area contributed by atoms with Crippen LogP contribution in [0.15, 0.2) is 24.3 Å². The predicted molar refractivity (Wildman–Crippen MR) is 54.5 cm³/mol. The van der Waals surface area contributed by atoms with Crippen molar-refractivity contribution in [2.24, 2.45) is 5.92 Å². The number of rotatable bonds is 1. The molecule has 2 fully saturated rings. The van der Waals surface area contributed by atoms with Crippen LogP contribution in [0.5, 0.6) is 0 Å². The van der Waals surface area contributed by atoms with Gasteiger partial charge in [0.05, 0.1) is 0 Å². The fourth-order valence-corrected chi connectivity index (χ4v) is 2.60. The number of nitrogens with one attached hydrogen (secondary N) is 1. The third-order valence-electron chi connectivity index (χ3n) is 3.55. The van der Waals surface area contributed by atoms with Crippen LogP contribution in [0.3, 0.4) is 0 Å². The monoisotopic (exact) mass is 169 g/mol. The van der Waals surface area contributed by atoms with Crippen molar-refractivity contribution in [1.29, 1.82) is 0 Å². The van der Waals surface area contributed by atoms with E-state index in [0.29, 0.717) is 5.41 Å². The van der Waals surface area contributed by atoms with Crippen LogP contribution in [0.2, 0.25) is 0 Å². The lowest BCUT2D eigenvalue weighted by Gasteiger charge is -2.12. The number of benzene rings is 1. The zero-order chi connectivity index (χ0) is 8.89. The SMILES string of the molecule is [B]c1ccc(C23CNCC2C3)cc1. The molecule has 1 saturated heterocycles. The minimum Gasteiger partial charge on any atom is -0.316 e. The van der Waals surface area contributed by atoms with Gasteiger partial charge in [-0.15, -0.1) is 0 Å². The van der Waals surface area contributed by atoms with E-state index in [4.69, 9.17) is 7.85 Å². The minimum absolute atomic E-state index is 0.480. The first-order valence-corrected chi connectivity index (χ1v) is 4.88. The van der Waals surface area contributed by atoms with Crippen molar-refractivity contribution in [3.8, 4) is 0 Å². The highest BCUT2D eigenvalue weighted by atomic mass is 15.0. The van der Waals surface area contributed by atoms with E-state index in [9.17, 15) is 0 Å². The van der Waals surface area contributed by atoms with Gasteiger partial charge >= 0.3 is 0 Å². The molecule has 1 saturated carbocycles. The van der Waals surface area contributed by atoms with E-state index in [-0.39, 0.29) is 0 Å². The molecule has 1 aliphatic carbocycles. The molecule has 1 aromatic carbocycles. The highest BCUT2D eigenvalue weighted by Gasteiger charge is 2.57. The summed E-state index contributed by atoms with van der Waals surface area (Å²) in [6, 6.07) is 8.39. The number of hydrogen-bond donors (Lipinski definition) is 1. The van der Waals surface area contributed by atoms with Gasteiger partial charge in [-0.2, -0.15) is 0 Å². The van der Waals surface area contributed by atoms with Gasteiger partial charge in [0, 0.05) is 12.0 Å². The van der Waals surface area contributed by atoms with Gasteiger partial charge < -0.3 is 5.32 Å². The summed E-state index contributed by atoms with van der Waals surface area (Å²) < 4.78 is 0.